The molecule has 1 unspecified atom stereocenters. The van der Waals surface area contributed by atoms with Crippen LogP contribution >= 0.6 is 0 Å². The summed E-state index contributed by atoms with van der Waals surface area (Å²) >= 11 is 0. The van der Waals surface area contributed by atoms with Gasteiger partial charge in [0.25, 0.3) is 0 Å². The first kappa shape index (κ1) is 13.9. The van der Waals surface area contributed by atoms with Gasteiger partial charge in [-0.3, -0.25) is 0 Å². The minimum absolute atomic E-state index is 0.317. The van der Waals surface area contributed by atoms with E-state index in [9.17, 15) is 0 Å². The second-order valence-electron chi connectivity index (χ2n) is 4.93. The molecule has 0 aliphatic heterocycles. The molecular weight excluding hydrogens is 234 g/mol. The lowest BCUT2D eigenvalue weighted by Gasteiger charge is -2.13. The van der Waals surface area contributed by atoms with Gasteiger partial charge in [-0.15, -0.1) is 0 Å². The first-order valence-corrected chi connectivity index (χ1v) is 7.15. The summed E-state index contributed by atoms with van der Waals surface area (Å²) in [6.45, 7) is 7.51. The molecule has 1 aromatic carbocycles. The molecule has 2 rings (SSSR count). The van der Waals surface area contributed by atoms with Gasteiger partial charge in [-0.1, -0.05) is 38.1 Å². The van der Waals surface area contributed by atoms with Crippen molar-refractivity contribution in [2.45, 2.75) is 39.7 Å². The van der Waals surface area contributed by atoms with E-state index in [1.807, 2.05) is 0 Å². The summed E-state index contributed by atoms with van der Waals surface area (Å²) in [7, 11) is 0. The quantitative estimate of drug-likeness (QED) is 0.811. The summed E-state index contributed by atoms with van der Waals surface area (Å²) in [6, 6.07) is 12.8. The fourth-order valence-electron chi connectivity index (χ4n) is 2.30. The highest BCUT2D eigenvalue weighted by atomic mass is 16.3. The molecule has 0 fully saturated rings. The number of rotatable bonds is 6. The monoisotopic (exact) mass is 257 g/mol. The van der Waals surface area contributed by atoms with Crippen molar-refractivity contribution < 1.29 is 4.42 Å². The van der Waals surface area contributed by atoms with Crippen molar-refractivity contribution in [1.82, 2.24) is 5.32 Å². The van der Waals surface area contributed by atoms with Gasteiger partial charge in [0.05, 0.1) is 6.04 Å². The Kier molecular flexibility index (Phi) is 4.80. The zero-order valence-electron chi connectivity index (χ0n) is 12.1. The average molecular weight is 257 g/mol. The Morgan fingerprint density at radius 1 is 1.11 bits per heavy atom. The molecular formula is C17H23NO. The minimum Gasteiger partial charge on any atom is -0.459 e. The van der Waals surface area contributed by atoms with Gasteiger partial charge in [0.2, 0.25) is 0 Å². The number of hydrogen-bond donors (Lipinski definition) is 1. The Hall–Kier alpha value is -1.54. The lowest BCUT2D eigenvalue weighted by Crippen LogP contribution is -2.20. The van der Waals surface area contributed by atoms with Crippen LogP contribution in [0.3, 0.4) is 0 Å². The van der Waals surface area contributed by atoms with Crippen molar-refractivity contribution in [2.24, 2.45) is 0 Å². The fraction of sp³-hybridized carbons (Fsp3) is 0.412. The summed E-state index contributed by atoms with van der Waals surface area (Å²) in [4.78, 5) is 0. The topological polar surface area (TPSA) is 25.2 Å². The molecule has 1 aromatic heterocycles. The lowest BCUT2D eigenvalue weighted by molar-refractivity contribution is 0.411. The van der Waals surface area contributed by atoms with Crippen molar-refractivity contribution in [2.75, 3.05) is 6.54 Å². The molecule has 0 bridgehead atoms. The number of hydrogen-bond acceptors (Lipinski definition) is 2. The van der Waals surface area contributed by atoms with Gasteiger partial charge in [0, 0.05) is 5.56 Å². The Morgan fingerprint density at radius 3 is 2.58 bits per heavy atom. The number of benzene rings is 1. The van der Waals surface area contributed by atoms with Crippen LogP contribution in [-0.2, 0) is 0 Å². The van der Waals surface area contributed by atoms with Gasteiger partial charge in [-0.2, -0.15) is 0 Å². The summed E-state index contributed by atoms with van der Waals surface area (Å²) in [5.41, 5.74) is 2.43. The average Bonchev–Trinajstić information content (AvgIpc) is 2.90. The van der Waals surface area contributed by atoms with Crippen molar-refractivity contribution in [3.05, 3.63) is 47.7 Å². The van der Waals surface area contributed by atoms with Gasteiger partial charge in [0.1, 0.15) is 11.5 Å². The van der Waals surface area contributed by atoms with Crippen LogP contribution in [-0.4, -0.2) is 6.54 Å². The summed E-state index contributed by atoms with van der Waals surface area (Å²) in [5.74, 6) is 2.00. The predicted molar refractivity (Wildman–Crippen MR) is 80.2 cm³/mol. The zero-order chi connectivity index (χ0) is 13.7. The molecule has 0 saturated carbocycles. The van der Waals surface area contributed by atoms with Crippen LogP contribution in [0.1, 0.15) is 44.1 Å². The SMILES string of the molecule is CCCNC(CC)c1ccc(-c2ccccc2C)o1. The standard InChI is InChI=1S/C17H23NO/c1-4-12-18-15(5-2)17-11-10-16(19-17)14-9-7-6-8-13(14)3/h6-11,15,18H,4-5,12H2,1-3H3. The largest absolute Gasteiger partial charge is 0.459 e. The van der Waals surface area contributed by atoms with Crippen LogP contribution in [0.4, 0.5) is 0 Å². The van der Waals surface area contributed by atoms with E-state index in [0.29, 0.717) is 6.04 Å². The van der Waals surface area contributed by atoms with E-state index in [-0.39, 0.29) is 0 Å². The van der Waals surface area contributed by atoms with Gasteiger partial charge < -0.3 is 9.73 Å². The summed E-state index contributed by atoms with van der Waals surface area (Å²) in [5, 5.41) is 3.52. The van der Waals surface area contributed by atoms with E-state index in [1.165, 1.54) is 11.1 Å². The van der Waals surface area contributed by atoms with Gasteiger partial charge in [-0.25, -0.2) is 0 Å². The van der Waals surface area contributed by atoms with Crippen LogP contribution in [0.25, 0.3) is 11.3 Å². The highest BCUT2D eigenvalue weighted by Crippen LogP contribution is 2.28. The fourth-order valence-corrected chi connectivity index (χ4v) is 2.30. The molecule has 0 radical (unpaired) electrons. The maximum absolute atomic E-state index is 6.04. The highest BCUT2D eigenvalue weighted by molar-refractivity contribution is 5.61. The van der Waals surface area contributed by atoms with Gasteiger partial charge >= 0.3 is 0 Å². The maximum Gasteiger partial charge on any atom is 0.134 e. The molecule has 0 amide bonds. The van der Waals surface area contributed by atoms with Crippen molar-refractivity contribution >= 4 is 0 Å². The lowest BCUT2D eigenvalue weighted by atomic mass is 10.1. The molecule has 2 aromatic rings. The first-order chi connectivity index (χ1) is 9.26. The van der Waals surface area contributed by atoms with Crippen LogP contribution in [0.5, 0.6) is 0 Å². The normalized spacial score (nSPS) is 12.6. The van der Waals surface area contributed by atoms with Crippen LogP contribution in [0.15, 0.2) is 40.8 Å². The smallest absolute Gasteiger partial charge is 0.134 e. The molecule has 0 aliphatic rings. The molecule has 0 spiro atoms. The van der Waals surface area contributed by atoms with Crippen LogP contribution < -0.4 is 5.32 Å². The second-order valence-corrected chi connectivity index (χ2v) is 4.93. The Labute approximate surface area is 115 Å². The zero-order valence-corrected chi connectivity index (χ0v) is 12.1. The van der Waals surface area contributed by atoms with Crippen molar-refractivity contribution in [3.63, 3.8) is 0 Å². The Balaban J connectivity index is 2.21. The Bertz CT molecular complexity index is 515. The van der Waals surface area contributed by atoms with E-state index in [0.717, 1.165) is 30.9 Å². The van der Waals surface area contributed by atoms with E-state index in [4.69, 9.17) is 4.42 Å². The molecule has 2 nitrogen and oxygen atoms in total. The third-order valence-electron chi connectivity index (χ3n) is 3.43. The van der Waals surface area contributed by atoms with Gasteiger partial charge in [0.15, 0.2) is 0 Å². The molecule has 0 aliphatic carbocycles. The number of aryl methyl sites for hydroxylation is 1. The molecule has 1 N–H and O–H groups in total. The molecule has 102 valence electrons. The van der Waals surface area contributed by atoms with Gasteiger partial charge in [-0.05, 0) is 44.0 Å². The van der Waals surface area contributed by atoms with Crippen LogP contribution in [0.2, 0.25) is 0 Å². The highest BCUT2D eigenvalue weighted by Gasteiger charge is 2.14. The predicted octanol–water partition coefficient (Wildman–Crippen LogP) is 4.71. The molecule has 1 heterocycles. The first-order valence-electron chi connectivity index (χ1n) is 7.15. The number of nitrogens with one attached hydrogen (secondary N) is 1. The Morgan fingerprint density at radius 2 is 1.89 bits per heavy atom. The maximum atomic E-state index is 6.04. The molecule has 0 saturated heterocycles. The van der Waals surface area contributed by atoms with Crippen molar-refractivity contribution in [1.29, 1.82) is 0 Å². The molecule has 2 heteroatoms. The van der Waals surface area contributed by atoms with E-state index in [1.54, 1.807) is 0 Å². The number of furan rings is 1. The summed E-state index contributed by atoms with van der Waals surface area (Å²) in [6.07, 6.45) is 2.18. The van der Waals surface area contributed by atoms with E-state index >= 15 is 0 Å². The van der Waals surface area contributed by atoms with E-state index < -0.39 is 0 Å². The van der Waals surface area contributed by atoms with Crippen LogP contribution in [0, 0.1) is 6.92 Å². The van der Waals surface area contributed by atoms with Crippen molar-refractivity contribution in [3.8, 4) is 11.3 Å². The minimum atomic E-state index is 0.317. The van der Waals surface area contributed by atoms with E-state index in [2.05, 4.69) is 62.5 Å². The third kappa shape index (κ3) is 3.27. The molecule has 19 heavy (non-hydrogen) atoms. The second kappa shape index (κ2) is 6.58. The molecule has 1 atom stereocenters. The summed E-state index contributed by atoms with van der Waals surface area (Å²) < 4.78 is 6.04. The third-order valence-corrected chi connectivity index (χ3v) is 3.43.